The van der Waals surface area contributed by atoms with Gasteiger partial charge in [0.2, 0.25) is 0 Å². The number of nitrogens with two attached hydrogens (primary N) is 1. The van der Waals surface area contributed by atoms with E-state index in [9.17, 15) is 0 Å². The Balaban J connectivity index is 2.17. The summed E-state index contributed by atoms with van der Waals surface area (Å²) in [7, 11) is 0. The Morgan fingerprint density at radius 3 is 2.26 bits per heavy atom. The first kappa shape index (κ1) is 14.3. The zero-order valence-electron chi connectivity index (χ0n) is 11.7. The van der Waals surface area contributed by atoms with Crippen molar-refractivity contribution in [2.45, 2.75) is 33.2 Å². The summed E-state index contributed by atoms with van der Waals surface area (Å²) in [6, 6.07) is 13.0. The molecule has 100 valence electrons. The molecule has 0 amide bonds. The summed E-state index contributed by atoms with van der Waals surface area (Å²) >= 11 is 3.57. The average molecular weight is 318 g/mol. The number of benzene rings is 2. The molecule has 19 heavy (non-hydrogen) atoms. The largest absolute Gasteiger partial charge is 0.324 e. The molecule has 2 aromatic carbocycles. The molecule has 0 heterocycles. The van der Waals surface area contributed by atoms with Crippen molar-refractivity contribution < 1.29 is 0 Å². The van der Waals surface area contributed by atoms with E-state index in [-0.39, 0.29) is 6.04 Å². The van der Waals surface area contributed by atoms with Gasteiger partial charge in [0.15, 0.2) is 0 Å². The van der Waals surface area contributed by atoms with Gasteiger partial charge in [-0.15, -0.1) is 0 Å². The first-order chi connectivity index (χ1) is 8.97. The topological polar surface area (TPSA) is 26.0 Å². The van der Waals surface area contributed by atoms with Gasteiger partial charge in [0.05, 0.1) is 0 Å². The second-order valence-corrected chi connectivity index (χ2v) is 6.09. The van der Waals surface area contributed by atoms with Crippen molar-refractivity contribution in [1.29, 1.82) is 0 Å². The first-order valence-corrected chi connectivity index (χ1v) is 7.34. The van der Waals surface area contributed by atoms with Crippen LogP contribution in [0.15, 0.2) is 40.9 Å². The zero-order valence-corrected chi connectivity index (χ0v) is 13.3. The van der Waals surface area contributed by atoms with E-state index < -0.39 is 0 Å². The monoisotopic (exact) mass is 317 g/mol. The normalized spacial score (nSPS) is 12.5. The Hall–Kier alpha value is -1.12. The molecule has 0 aliphatic heterocycles. The molecule has 1 unspecified atom stereocenters. The summed E-state index contributed by atoms with van der Waals surface area (Å²) in [4.78, 5) is 0. The summed E-state index contributed by atoms with van der Waals surface area (Å²) in [5.41, 5.74) is 12.7. The average Bonchev–Trinajstić information content (AvgIpc) is 2.37. The Bertz CT molecular complexity index is 590. The second kappa shape index (κ2) is 5.89. The van der Waals surface area contributed by atoms with E-state index in [4.69, 9.17) is 5.73 Å². The van der Waals surface area contributed by atoms with Gasteiger partial charge in [-0.05, 0) is 61.1 Å². The van der Waals surface area contributed by atoms with E-state index in [1.807, 2.05) is 0 Å². The van der Waals surface area contributed by atoms with Crippen LogP contribution in [0, 0.1) is 20.8 Å². The summed E-state index contributed by atoms with van der Waals surface area (Å²) in [6.07, 6.45) is 0.872. The minimum absolute atomic E-state index is 0.0407. The van der Waals surface area contributed by atoms with Gasteiger partial charge in [0.1, 0.15) is 0 Å². The molecule has 0 saturated carbocycles. The highest BCUT2D eigenvalue weighted by Crippen LogP contribution is 2.23. The SMILES string of the molecule is Cc1ccc(CC(N)c2ccc(C)c(Br)c2)cc1C. The first-order valence-electron chi connectivity index (χ1n) is 6.55. The minimum atomic E-state index is 0.0407. The van der Waals surface area contributed by atoms with Crippen LogP contribution >= 0.6 is 15.9 Å². The third kappa shape index (κ3) is 3.46. The Kier molecular flexibility index (Phi) is 4.43. The van der Waals surface area contributed by atoms with Gasteiger partial charge in [-0.25, -0.2) is 0 Å². The zero-order chi connectivity index (χ0) is 14.0. The van der Waals surface area contributed by atoms with Crippen LogP contribution in [0.3, 0.4) is 0 Å². The van der Waals surface area contributed by atoms with Crippen molar-refractivity contribution in [3.8, 4) is 0 Å². The van der Waals surface area contributed by atoms with Crippen molar-refractivity contribution in [3.63, 3.8) is 0 Å². The lowest BCUT2D eigenvalue weighted by molar-refractivity contribution is 0.720. The fourth-order valence-electron chi connectivity index (χ4n) is 2.14. The number of halogens is 1. The van der Waals surface area contributed by atoms with E-state index in [2.05, 4.69) is 73.1 Å². The third-order valence-electron chi connectivity index (χ3n) is 3.65. The molecule has 2 aromatic rings. The number of hydrogen-bond acceptors (Lipinski definition) is 1. The third-order valence-corrected chi connectivity index (χ3v) is 4.51. The molecular formula is C17H20BrN. The van der Waals surface area contributed by atoms with Crippen LogP contribution in [0.4, 0.5) is 0 Å². The fourth-order valence-corrected chi connectivity index (χ4v) is 2.54. The van der Waals surface area contributed by atoms with Crippen molar-refractivity contribution in [2.75, 3.05) is 0 Å². The summed E-state index contributed by atoms with van der Waals surface area (Å²) in [5, 5.41) is 0. The van der Waals surface area contributed by atoms with E-state index in [1.54, 1.807) is 0 Å². The second-order valence-electron chi connectivity index (χ2n) is 5.24. The Morgan fingerprint density at radius 2 is 1.63 bits per heavy atom. The van der Waals surface area contributed by atoms with E-state index >= 15 is 0 Å². The van der Waals surface area contributed by atoms with Crippen LogP contribution in [0.1, 0.15) is 33.9 Å². The molecule has 0 spiro atoms. The molecule has 0 aliphatic carbocycles. The highest BCUT2D eigenvalue weighted by Gasteiger charge is 2.09. The van der Waals surface area contributed by atoms with Gasteiger partial charge >= 0.3 is 0 Å². The van der Waals surface area contributed by atoms with Gasteiger partial charge in [-0.3, -0.25) is 0 Å². The van der Waals surface area contributed by atoms with E-state index in [0.717, 1.165) is 10.9 Å². The quantitative estimate of drug-likeness (QED) is 0.878. The standard InChI is InChI=1S/C17H20BrN/c1-11-4-6-14(8-13(11)3)9-17(19)15-7-5-12(2)16(18)10-15/h4-8,10,17H,9,19H2,1-3H3. The molecular weight excluding hydrogens is 298 g/mol. The molecule has 2 rings (SSSR count). The van der Waals surface area contributed by atoms with E-state index in [1.165, 1.54) is 27.8 Å². The van der Waals surface area contributed by atoms with Crippen molar-refractivity contribution >= 4 is 15.9 Å². The molecule has 1 atom stereocenters. The molecule has 1 nitrogen and oxygen atoms in total. The summed E-state index contributed by atoms with van der Waals surface area (Å²) in [5.74, 6) is 0. The molecule has 0 bridgehead atoms. The number of aryl methyl sites for hydroxylation is 3. The lowest BCUT2D eigenvalue weighted by Crippen LogP contribution is -2.13. The highest BCUT2D eigenvalue weighted by molar-refractivity contribution is 9.10. The molecule has 0 saturated heterocycles. The smallest absolute Gasteiger partial charge is 0.0336 e. The maximum absolute atomic E-state index is 6.31. The lowest BCUT2D eigenvalue weighted by Gasteiger charge is -2.14. The van der Waals surface area contributed by atoms with Crippen molar-refractivity contribution in [2.24, 2.45) is 5.73 Å². The van der Waals surface area contributed by atoms with Crippen LogP contribution in [-0.4, -0.2) is 0 Å². The molecule has 0 radical (unpaired) electrons. The summed E-state index contributed by atoms with van der Waals surface area (Å²) < 4.78 is 1.13. The van der Waals surface area contributed by atoms with Crippen molar-refractivity contribution in [1.82, 2.24) is 0 Å². The van der Waals surface area contributed by atoms with Gasteiger partial charge in [0, 0.05) is 10.5 Å². The van der Waals surface area contributed by atoms with Crippen molar-refractivity contribution in [3.05, 3.63) is 68.7 Å². The maximum Gasteiger partial charge on any atom is 0.0336 e. The fraction of sp³-hybridized carbons (Fsp3) is 0.294. The lowest BCUT2D eigenvalue weighted by atomic mass is 9.97. The van der Waals surface area contributed by atoms with Gasteiger partial charge in [-0.1, -0.05) is 46.3 Å². The predicted molar refractivity (Wildman–Crippen MR) is 85.4 cm³/mol. The number of hydrogen-bond donors (Lipinski definition) is 1. The van der Waals surface area contributed by atoms with Crippen LogP contribution in [0.5, 0.6) is 0 Å². The van der Waals surface area contributed by atoms with Crippen LogP contribution in [0.25, 0.3) is 0 Å². The molecule has 2 heteroatoms. The maximum atomic E-state index is 6.31. The Labute approximate surface area is 124 Å². The Morgan fingerprint density at radius 1 is 0.947 bits per heavy atom. The van der Waals surface area contributed by atoms with Gasteiger partial charge < -0.3 is 5.73 Å². The molecule has 0 fully saturated rings. The van der Waals surface area contributed by atoms with Crippen LogP contribution < -0.4 is 5.73 Å². The molecule has 0 aliphatic rings. The minimum Gasteiger partial charge on any atom is -0.324 e. The van der Waals surface area contributed by atoms with Crippen LogP contribution in [0.2, 0.25) is 0 Å². The summed E-state index contributed by atoms with van der Waals surface area (Å²) in [6.45, 7) is 6.37. The highest BCUT2D eigenvalue weighted by atomic mass is 79.9. The van der Waals surface area contributed by atoms with Gasteiger partial charge in [-0.2, -0.15) is 0 Å². The molecule has 2 N–H and O–H groups in total. The number of rotatable bonds is 3. The van der Waals surface area contributed by atoms with E-state index in [0.29, 0.717) is 0 Å². The van der Waals surface area contributed by atoms with Gasteiger partial charge in [0.25, 0.3) is 0 Å². The van der Waals surface area contributed by atoms with Crippen LogP contribution in [-0.2, 0) is 6.42 Å². The molecule has 0 aromatic heterocycles. The predicted octanol–water partition coefficient (Wildman–Crippen LogP) is 4.62.